The van der Waals surface area contributed by atoms with Crippen LogP contribution in [-0.2, 0) is 4.74 Å². The molecule has 0 amide bonds. The molecule has 0 rings (SSSR count). The minimum Gasteiger partial charge on any atom is -0.380 e. The van der Waals surface area contributed by atoms with Gasteiger partial charge >= 0.3 is 0 Å². The van der Waals surface area contributed by atoms with Gasteiger partial charge < -0.3 is 10.1 Å². The zero-order valence-electron chi connectivity index (χ0n) is 11.6. The third-order valence-electron chi connectivity index (χ3n) is 2.84. The van der Waals surface area contributed by atoms with Crippen molar-refractivity contribution < 1.29 is 4.74 Å². The largest absolute Gasteiger partial charge is 0.380 e. The first kappa shape index (κ1) is 15.9. The lowest BCUT2D eigenvalue weighted by atomic mass is 10.1. The van der Waals surface area contributed by atoms with Crippen molar-refractivity contribution >= 4 is 0 Å². The Morgan fingerprint density at radius 1 is 0.938 bits per heavy atom. The molecule has 1 N–H and O–H groups in total. The van der Waals surface area contributed by atoms with Gasteiger partial charge in [0.15, 0.2) is 0 Å². The highest BCUT2D eigenvalue weighted by molar-refractivity contribution is 4.63. The first-order valence-electron chi connectivity index (χ1n) is 7.16. The van der Waals surface area contributed by atoms with Crippen molar-refractivity contribution in [2.45, 2.75) is 71.8 Å². The quantitative estimate of drug-likeness (QED) is 0.515. The molecule has 0 radical (unpaired) electrons. The smallest absolute Gasteiger partial charge is 0.0619 e. The lowest BCUT2D eigenvalue weighted by molar-refractivity contribution is 0.105. The van der Waals surface area contributed by atoms with Gasteiger partial charge in [0, 0.05) is 12.6 Å². The van der Waals surface area contributed by atoms with E-state index in [0.717, 1.165) is 19.8 Å². The summed E-state index contributed by atoms with van der Waals surface area (Å²) in [6.45, 7) is 9.51. The van der Waals surface area contributed by atoms with Crippen LogP contribution >= 0.6 is 0 Å². The lowest BCUT2D eigenvalue weighted by Crippen LogP contribution is -2.33. The Balaban J connectivity index is 3.25. The van der Waals surface area contributed by atoms with Gasteiger partial charge in [-0.15, -0.1) is 0 Å². The van der Waals surface area contributed by atoms with E-state index >= 15 is 0 Å². The van der Waals surface area contributed by atoms with Crippen LogP contribution in [0.1, 0.15) is 65.7 Å². The van der Waals surface area contributed by atoms with Gasteiger partial charge in [-0.2, -0.15) is 0 Å². The van der Waals surface area contributed by atoms with Crippen molar-refractivity contribution in [2.75, 3.05) is 19.8 Å². The monoisotopic (exact) mass is 229 g/mol. The fourth-order valence-electron chi connectivity index (χ4n) is 1.91. The summed E-state index contributed by atoms with van der Waals surface area (Å²) in [6, 6.07) is 0.561. The molecule has 2 nitrogen and oxygen atoms in total. The van der Waals surface area contributed by atoms with Gasteiger partial charge in [0.2, 0.25) is 0 Å². The van der Waals surface area contributed by atoms with Crippen LogP contribution in [0.15, 0.2) is 0 Å². The molecule has 0 spiro atoms. The molecule has 98 valence electrons. The van der Waals surface area contributed by atoms with Crippen molar-refractivity contribution in [3.8, 4) is 0 Å². The molecule has 0 aromatic heterocycles. The number of ether oxygens (including phenoxy) is 1. The van der Waals surface area contributed by atoms with Gasteiger partial charge in [-0.05, 0) is 19.4 Å². The number of hydrogen-bond acceptors (Lipinski definition) is 2. The van der Waals surface area contributed by atoms with Crippen LogP contribution in [0.5, 0.6) is 0 Å². The second kappa shape index (κ2) is 13.0. The Labute approximate surface area is 102 Å². The molecule has 0 saturated heterocycles. The van der Waals surface area contributed by atoms with E-state index in [1.807, 2.05) is 0 Å². The molecule has 16 heavy (non-hydrogen) atoms. The lowest BCUT2D eigenvalue weighted by Gasteiger charge is -2.17. The van der Waals surface area contributed by atoms with E-state index in [0.29, 0.717) is 6.04 Å². The van der Waals surface area contributed by atoms with E-state index in [1.165, 1.54) is 44.9 Å². The first-order chi connectivity index (χ1) is 7.85. The normalized spacial score (nSPS) is 12.9. The van der Waals surface area contributed by atoms with Crippen LogP contribution in [0.3, 0.4) is 0 Å². The maximum atomic E-state index is 5.72. The SMILES string of the molecule is CCCCCCCOCC(CCC)NCC. The Kier molecular flexibility index (Phi) is 12.9. The zero-order chi connectivity index (χ0) is 12.1. The van der Waals surface area contributed by atoms with Gasteiger partial charge in [-0.25, -0.2) is 0 Å². The summed E-state index contributed by atoms with van der Waals surface area (Å²) in [4.78, 5) is 0. The molecule has 0 heterocycles. The highest BCUT2D eigenvalue weighted by atomic mass is 16.5. The van der Waals surface area contributed by atoms with Crippen molar-refractivity contribution in [1.29, 1.82) is 0 Å². The van der Waals surface area contributed by atoms with Crippen molar-refractivity contribution in [3.63, 3.8) is 0 Å². The third-order valence-corrected chi connectivity index (χ3v) is 2.84. The van der Waals surface area contributed by atoms with E-state index in [-0.39, 0.29) is 0 Å². The molecule has 0 bridgehead atoms. The second-order valence-electron chi connectivity index (χ2n) is 4.53. The first-order valence-corrected chi connectivity index (χ1v) is 7.16. The molecular formula is C14H31NO. The molecule has 1 atom stereocenters. The Morgan fingerprint density at radius 3 is 2.31 bits per heavy atom. The summed E-state index contributed by atoms with van der Waals surface area (Å²) in [7, 11) is 0. The van der Waals surface area contributed by atoms with Crippen LogP contribution < -0.4 is 5.32 Å². The van der Waals surface area contributed by atoms with Crippen LogP contribution in [0.2, 0.25) is 0 Å². The van der Waals surface area contributed by atoms with Gasteiger partial charge in [0.25, 0.3) is 0 Å². The Morgan fingerprint density at radius 2 is 1.69 bits per heavy atom. The fourth-order valence-corrected chi connectivity index (χ4v) is 1.91. The molecule has 2 heteroatoms. The standard InChI is InChI=1S/C14H31NO/c1-4-7-8-9-10-12-16-13-14(11-5-2)15-6-3/h14-15H,4-13H2,1-3H3. The van der Waals surface area contributed by atoms with E-state index in [2.05, 4.69) is 26.1 Å². The second-order valence-corrected chi connectivity index (χ2v) is 4.53. The number of rotatable bonds is 12. The summed E-state index contributed by atoms with van der Waals surface area (Å²) in [5.41, 5.74) is 0. The average Bonchev–Trinajstić information content (AvgIpc) is 2.28. The number of hydrogen-bond donors (Lipinski definition) is 1. The average molecular weight is 229 g/mol. The summed E-state index contributed by atoms with van der Waals surface area (Å²) in [6.07, 6.45) is 9.07. The van der Waals surface area contributed by atoms with Gasteiger partial charge in [0.05, 0.1) is 6.61 Å². The molecule has 0 aliphatic carbocycles. The number of unbranched alkanes of at least 4 members (excludes halogenated alkanes) is 4. The Bertz CT molecular complexity index is 122. The highest BCUT2D eigenvalue weighted by Gasteiger charge is 2.05. The van der Waals surface area contributed by atoms with Crippen LogP contribution in [0.25, 0.3) is 0 Å². The molecule has 0 aromatic rings. The maximum Gasteiger partial charge on any atom is 0.0619 e. The highest BCUT2D eigenvalue weighted by Crippen LogP contribution is 2.03. The van der Waals surface area contributed by atoms with Crippen LogP contribution in [0.4, 0.5) is 0 Å². The molecule has 0 aromatic carbocycles. The van der Waals surface area contributed by atoms with Crippen molar-refractivity contribution in [2.24, 2.45) is 0 Å². The van der Waals surface area contributed by atoms with Crippen molar-refractivity contribution in [1.82, 2.24) is 5.32 Å². The summed E-state index contributed by atoms with van der Waals surface area (Å²) in [5, 5.41) is 3.47. The predicted octanol–water partition coefficient (Wildman–Crippen LogP) is 3.75. The van der Waals surface area contributed by atoms with E-state index < -0.39 is 0 Å². The van der Waals surface area contributed by atoms with Gasteiger partial charge in [-0.3, -0.25) is 0 Å². The van der Waals surface area contributed by atoms with E-state index in [1.54, 1.807) is 0 Å². The fraction of sp³-hybridized carbons (Fsp3) is 1.00. The predicted molar refractivity (Wildman–Crippen MR) is 72.0 cm³/mol. The number of nitrogens with one attached hydrogen (secondary N) is 1. The molecule has 0 saturated carbocycles. The van der Waals surface area contributed by atoms with Gasteiger partial charge in [-0.1, -0.05) is 52.9 Å². The summed E-state index contributed by atoms with van der Waals surface area (Å²) >= 11 is 0. The van der Waals surface area contributed by atoms with Crippen molar-refractivity contribution in [3.05, 3.63) is 0 Å². The van der Waals surface area contributed by atoms with E-state index in [9.17, 15) is 0 Å². The summed E-state index contributed by atoms with van der Waals surface area (Å²) in [5.74, 6) is 0. The third kappa shape index (κ3) is 10.4. The topological polar surface area (TPSA) is 21.3 Å². The molecule has 0 aliphatic heterocycles. The molecule has 0 aliphatic rings. The maximum absolute atomic E-state index is 5.72. The minimum atomic E-state index is 0.561. The van der Waals surface area contributed by atoms with E-state index in [4.69, 9.17) is 4.74 Å². The molecule has 1 unspecified atom stereocenters. The van der Waals surface area contributed by atoms with Crippen LogP contribution in [-0.4, -0.2) is 25.8 Å². The van der Waals surface area contributed by atoms with Gasteiger partial charge in [0.1, 0.15) is 0 Å². The summed E-state index contributed by atoms with van der Waals surface area (Å²) < 4.78 is 5.72. The Hall–Kier alpha value is -0.0800. The zero-order valence-corrected chi connectivity index (χ0v) is 11.6. The molecule has 0 fully saturated rings. The minimum absolute atomic E-state index is 0.561. The number of likely N-dealkylation sites (N-methyl/N-ethyl adjacent to an activating group) is 1. The van der Waals surface area contributed by atoms with Crippen LogP contribution in [0, 0.1) is 0 Å². The molecular weight excluding hydrogens is 198 g/mol.